The third-order valence-corrected chi connectivity index (χ3v) is 2.60. The number of carbonyl (C=O) groups is 2. The highest BCUT2D eigenvalue weighted by molar-refractivity contribution is 9.10. The van der Waals surface area contributed by atoms with Crippen LogP contribution < -0.4 is 5.32 Å². The van der Waals surface area contributed by atoms with Crippen LogP contribution in [0.2, 0.25) is 0 Å². The first-order valence-corrected chi connectivity index (χ1v) is 5.44. The van der Waals surface area contributed by atoms with Crippen LogP contribution in [-0.2, 0) is 4.79 Å². The van der Waals surface area contributed by atoms with E-state index in [-0.39, 0.29) is 0 Å². The largest absolute Gasteiger partial charge is 0.480 e. The van der Waals surface area contributed by atoms with Gasteiger partial charge in [-0.1, -0.05) is 15.9 Å². The van der Waals surface area contributed by atoms with Crippen LogP contribution >= 0.6 is 15.9 Å². The molecule has 0 fully saturated rings. The molecule has 0 saturated heterocycles. The number of rotatable bonds is 3. The molecule has 2 N–H and O–H groups in total. The topological polar surface area (TPSA) is 66.4 Å². The number of carboxylic acid groups (broad SMARTS) is 1. The summed E-state index contributed by atoms with van der Waals surface area (Å²) < 4.78 is 0.863. The molecule has 5 heteroatoms. The summed E-state index contributed by atoms with van der Waals surface area (Å²) in [5.74, 6) is -1.47. The summed E-state index contributed by atoms with van der Waals surface area (Å²) in [6.07, 6.45) is 0. The zero-order valence-corrected chi connectivity index (χ0v) is 10.5. The van der Waals surface area contributed by atoms with Crippen LogP contribution in [0.15, 0.2) is 28.7 Å². The van der Waals surface area contributed by atoms with Crippen molar-refractivity contribution in [1.82, 2.24) is 5.32 Å². The lowest BCUT2D eigenvalue weighted by molar-refractivity contribution is -0.143. The smallest absolute Gasteiger partial charge is 0.328 e. The van der Waals surface area contributed by atoms with Crippen LogP contribution in [0.5, 0.6) is 0 Å². The zero-order chi connectivity index (χ0) is 12.3. The molecule has 0 bridgehead atoms. The van der Waals surface area contributed by atoms with Gasteiger partial charge in [0.2, 0.25) is 0 Å². The number of carbonyl (C=O) groups excluding carboxylic acids is 1. The van der Waals surface area contributed by atoms with Gasteiger partial charge in [0.25, 0.3) is 5.91 Å². The molecule has 1 rings (SSSR count). The summed E-state index contributed by atoms with van der Waals surface area (Å²) in [6.45, 7) is 2.87. The van der Waals surface area contributed by atoms with Gasteiger partial charge < -0.3 is 10.4 Å². The van der Waals surface area contributed by atoms with Gasteiger partial charge in [-0.25, -0.2) is 4.79 Å². The third kappa shape index (κ3) is 3.06. The van der Waals surface area contributed by atoms with Crippen LogP contribution in [0.25, 0.3) is 0 Å². The first-order chi connectivity index (χ1) is 7.33. The molecule has 1 amide bonds. The van der Waals surface area contributed by atoms with Gasteiger partial charge in [-0.05, 0) is 38.1 Å². The Morgan fingerprint density at radius 3 is 2.19 bits per heavy atom. The van der Waals surface area contributed by atoms with E-state index in [0.717, 1.165) is 4.47 Å². The van der Waals surface area contributed by atoms with Crippen LogP contribution in [-0.4, -0.2) is 22.5 Å². The van der Waals surface area contributed by atoms with E-state index in [2.05, 4.69) is 21.2 Å². The van der Waals surface area contributed by atoms with E-state index < -0.39 is 17.4 Å². The summed E-state index contributed by atoms with van der Waals surface area (Å²) in [7, 11) is 0. The molecule has 0 aromatic heterocycles. The molecule has 1 aromatic carbocycles. The highest BCUT2D eigenvalue weighted by Gasteiger charge is 2.29. The Kier molecular flexibility index (Phi) is 3.70. The Balaban J connectivity index is 2.81. The summed E-state index contributed by atoms with van der Waals surface area (Å²) in [5, 5.41) is 11.3. The van der Waals surface area contributed by atoms with E-state index in [1.54, 1.807) is 24.3 Å². The Bertz CT molecular complexity index is 412. The molecule has 0 aliphatic carbocycles. The van der Waals surface area contributed by atoms with Crippen molar-refractivity contribution in [2.45, 2.75) is 19.4 Å². The van der Waals surface area contributed by atoms with Crippen molar-refractivity contribution in [3.8, 4) is 0 Å². The van der Waals surface area contributed by atoms with Crippen LogP contribution in [0.4, 0.5) is 0 Å². The Labute approximate surface area is 102 Å². The quantitative estimate of drug-likeness (QED) is 0.893. The number of amides is 1. The number of carboxylic acids is 1. The molecule has 16 heavy (non-hydrogen) atoms. The van der Waals surface area contributed by atoms with E-state index >= 15 is 0 Å². The second-order valence-electron chi connectivity index (χ2n) is 3.89. The van der Waals surface area contributed by atoms with Crippen molar-refractivity contribution in [3.05, 3.63) is 34.3 Å². The van der Waals surface area contributed by atoms with E-state index in [1.165, 1.54) is 13.8 Å². The highest BCUT2D eigenvalue weighted by Crippen LogP contribution is 2.11. The van der Waals surface area contributed by atoms with Crippen molar-refractivity contribution >= 4 is 27.8 Å². The summed E-state index contributed by atoms with van der Waals surface area (Å²) in [6, 6.07) is 6.69. The average Bonchev–Trinajstić information content (AvgIpc) is 2.17. The predicted octanol–water partition coefficient (Wildman–Crippen LogP) is 2.04. The Hall–Kier alpha value is -1.36. The average molecular weight is 286 g/mol. The lowest BCUT2D eigenvalue weighted by atomic mass is 10.1. The van der Waals surface area contributed by atoms with Gasteiger partial charge in [0, 0.05) is 10.0 Å². The standard InChI is InChI=1S/C11H12BrNO3/c1-11(2,10(15)16)13-9(14)7-3-5-8(12)6-4-7/h3-6H,1-2H3,(H,13,14)(H,15,16). The number of nitrogens with one attached hydrogen (secondary N) is 1. The van der Waals surface area contributed by atoms with Crippen molar-refractivity contribution in [2.75, 3.05) is 0 Å². The van der Waals surface area contributed by atoms with Gasteiger partial charge in [0.15, 0.2) is 0 Å². The Morgan fingerprint density at radius 1 is 1.25 bits per heavy atom. The van der Waals surface area contributed by atoms with Crippen molar-refractivity contribution in [3.63, 3.8) is 0 Å². The summed E-state index contributed by atoms with van der Waals surface area (Å²) in [5.41, 5.74) is -0.845. The second-order valence-corrected chi connectivity index (χ2v) is 4.81. The maximum Gasteiger partial charge on any atom is 0.328 e. The lowest BCUT2D eigenvalue weighted by Gasteiger charge is -2.20. The summed E-state index contributed by atoms with van der Waals surface area (Å²) in [4.78, 5) is 22.5. The van der Waals surface area contributed by atoms with Crippen LogP contribution in [0.3, 0.4) is 0 Å². The molecule has 0 atom stereocenters. The molecule has 1 aromatic rings. The van der Waals surface area contributed by atoms with Gasteiger partial charge >= 0.3 is 5.97 Å². The van der Waals surface area contributed by atoms with Gasteiger partial charge in [0.05, 0.1) is 0 Å². The molecule has 0 aliphatic heterocycles. The lowest BCUT2D eigenvalue weighted by Crippen LogP contribution is -2.49. The molecule has 0 radical (unpaired) electrons. The zero-order valence-electron chi connectivity index (χ0n) is 8.95. The fraction of sp³-hybridized carbons (Fsp3) is 0.273. The van der Waals surface area contributed by atoms with Crippen molar-refractivity contribution in [1.29, 1.82) is 0 Å². The number of aliphatic carboxylic acids is 1. The number of hydrogen-bond acceptors (Lipinski definition) is 2. The first kappa shape index (κ1) is 12.7. The predicted molar refractivity (Wildman–Crippen MR) is 63.3 cm³/mol. The molecule has 4 nitrogen and oxygen atoms in total. The second kappa shape index (κ2) is 4.65. The number of benzene rings is 1. The summed E-state index contributed by atoms with van der Waals surface area (Å²) >= 11 is 3.25. The van der Waals surface area contributed by atoms with E-state index in [4.69, 9.17) is 5.11 Å². The first-order valence-electron chi connectivity index (χ1n) is 4.64. The maximum absolute atomic E-state index is 11.7. The molecule has 0 aliphatic rings. The number of halogens is 1. The van der Waals surface area contributed by atoms with E-state index in [0.29, 0.717) is 5.56 Å². The number of hydrogen-bond donors (Lipinski definition) is 2. The SMILES string of the molecule is CC(C)(NC(=O)c1ccc(Br)cc1)C(=O)O. The molecule has 86 valence electrons. The van der Waals surface area contributed by atoms with Gasteiger partial charge in [-0.2, -0.15) is 0 Å². The van der Waals surface area contributed by atoms with Gasteiger partial charge in [0.1, 0.15) is 5.54 Å². The molecule has 0 saturated carbocycles. The molecular weight excluding hydrogens is 274 g/mol. The molecule has 0 heterocycles. The van der Waals surface area contributed by atoms with E-state index in [9.17, 15) is 9.59 Å². The maximum atomic E-state index is 11.7. The van der Waals surface area contributed by atoms with E-state index in [1.807, 2.05) is 0 Å². The van der Waals surface area contributed by atoms with Crippen molar-refractivity contribution in [2.24, 2.45) is 0 Å². The minimum atomic E-state index is -1.27. The minimum absolute atomic E-state index is 0.403. The minimum Gasteiger partial charge on any atom is -0.480 e. The highest BCUT2D eigenvalue weighted by atomic mass is 79.9. The Morgan fingerprint density at radius 2 is 1.75 bits per heavy atom. The third-order valence-electron chi connectivity index (χ3n) is 2.07. The van der Waals surface area contributed by atoms with Crippen molar-refractivity contribution < 1.29 is 14.7 Å². The molecule has 0 spiro atoms. The molecular formula is C11H12BrNO3. The fourth-order valence-electron chi connectivity index (χ4n) is 1.01. The monoisotopic (exact) mass is 285 g/mol. The van der Waals surface area contributed by atoms with Gasteiger partial charge in [-0.15, -0.1) is 0 Å². The normalized spacial score (nSPS) is 10.9. The van der Waals surface area contributed by atoms with Crippen LogP contribution in [0.1, 0.15) is 24.2 Å². The van der Waals surface area contributed by atoms with Gasteiger partial charge in [-0.3, -0.25) is 4.79 Å². The van der Waals surface area contributed by atoms with Crippen LogP contribution in [0, 0.1) is 0 Å². The molecule has 0 unspecified atom stereocenters. The fourth-order valence-corrected chi connectivity index (χ4v) is 1.28.